The lowest BCUT2D eigenvalue weighted by molar-refractivity contribution is -0.120. The Kier molecular flexibility index (Phi) is 2.24. The molecule has 1 aromatic rings. The predicted octanol–water partition coefficient (Wildman–Crippen LogP) is 2.58. The minimum atomic E-state index is 0.0638. The second kappa shape index (κ2) is 3.74. The van der Waals surface area contributed by atoms with Gasteiger partial charge in [0.25, 0.3) is 5.91 Å². The summed E-state index contributed by atoms with van der Waals surface area (Å²) in [5.74, 6) is 0.217. The maximum absolute atomic E-state index is 12.2. The van der Waals surface area contributed by atoms with E-state index >= 15 is 0 Å². The number of hydrazone groups is 1. The molecule has 0 bridgehead atoms. The van der Waals surface area contributed by atoms with Gasteiger partial charge in [0.1, 0.15) is 0 Å². The normalized spacial score (nSPS) is 24.2. The number of hydrogen-bond acceptors (Lipinski definition) is 2. The average molecular weight is 214 g/mol. The third kappa shape index (κ3) is 1.43. The third-order valence-corrected chi connectivity index (χ3v) is 3.31. The SMILES string of the molecule is O=C1C2CCCCC2=NN1c1ccccc1. The first-order valence-corrected chi connectivity index (χ1v) is 5.82. The van der Waals surface area contributed by atoms with Gasteiger partial charge in [-0.25, -0.2) is 5.01 Å². The molecular formula is C13H14N2O. The van der Waals surface area contributed by atoms with Crippen molar-refractivity contribution in [1.29, 1.82) is 0 Å². The van der Waals surface area contributed by atoms with Gasteiger partial charge in [-0.3, -0.25) is 4.79 Å². The van der Waals surface area contributed by atoms with Gasteiger partial charge in [0.2, 0.25) is 0 Å². The summed E-state index contributed by atoms with van der Waals surface area (Å²) in [6.07, 6.45) is 4.28. The summed E-state index contributed by atoms with van der Waals surface area (Å²) in [6, 6.07) is 9.68. The molecule has 1 fully saturated rings. The molecule has 2 aliphatic rings. The zero-order valence-electron chi connectivity index (χ0n) is 9.10. The molecule has 3 rings (SSSR count). The van der Waals surface area contributed by atoms with Crippen LogP contribution >= 0.6 is 0 Å². The van der Waals surface area contributed by atoms with Crippen LogP contribution in [0.15, 0.2) is 35.4 Å². The van der Waals surface area contributed by atoms with E-state index < -0.39 is 0 Å². The summed E-state index contributed by atoms with van der Waals surface area (Å²) in [5, 5.41) is 6.04. The molecule has 1 heterocycles. The molecule has 0 radical (unpaired) electrons. The van der Waals surface area contributed by atoms with Gasteiger partial charge in [-0.05, 0) is 31.4 Å². The molecule has 1 unspecified atom stereocenters. The molecule has 1 aliphatic heterocycles. The van der Waals surface area contributed by atoms with Crippen LogP contribution in [0.25, 0.3) is 0 Å². The Morgan fingerprint density at radius 1 is 1.19 bits per heavy atom. The predicted molar refractivity (Wildman–Crippen MR) is 63.3 cm³/mol. The van der Waals surface area contributed by atoms with Gasteiger partial charge < -0.3 is 0 Å². The van der Waals surface area contributed by atoms with Gasteiger partial charge in [-0.2, -0.15) is 5.10 Å². The van der Waals surface area contributed by atoms with E-state index in [4.69, 9.17) is 0 Å². The number of fused-ring (bicyclic) bond motifs is 1. The van der Waals surface area contributed by atoms with Crippen LogP contribution in [0.1, 0.15) is 25.7 Å². The van der Waals surface area contributed by atoms with Crippen LogP contribution in [0.4, 0.5) is 5.69 Å². The van der Waals surface area contributed by atoms with Crippen LogP contribution in [-0.2, 0) is 4.79 Å². The minimum Gasteiger partial charge on any atom is -0.272 e. The summed E-state index contributed by atoms with van der Waals surface area (Å²) < 4.78 is 0. The summed E-state index contributed by atoms with van der Waals surface area (Å²) in [4.78, 5) is 12.2. The molecule has 1 amide bonds. The van der Waals surface area contributed by atoms with Crippen molar-refractivity contribution in [3.63, 3.8) is 0 Å². The van der Waals surface area contributed by atoms with Crippen molar-refractivity contribution in [2.45, 2.75) is 25.7 Å². The van der Waals surface area contributed by atoms with Crippen molar-refractivity contribution in [2.75, 3.05) is 5.01 Å². The summed E-state index contributed by atoms with van der Waals surface area (Å²) in [7, 11) is 0. The highest BCUT2D eigenvalue weighted by Crippen LogP contribution is 2.31. The van der Waals surface area contributed by atoms with E-state index in [1.807, 2.05) is 30.3 Å². The number of anilines is 1. The Morgan fingerprint density at radius 2 is 2.00 bits per heavy atom. The lowest BCUT2D eigenvalue weighted by Crippen LogP contribution is -2.28. The fourth-order valence-corrected chi connectivity index (χ4v) is 2.46. The molecule has 1 saturated carbocycles. The van der Waals surface area contributed by atoms with E-state index in [0.717, 1.165) is 30.7 Å². The highest BCUT2D eigenvalue weighted by atomic mass is 16.2. The number of carbonyl (C=O) groups excluding carboxylic acids is 1. The van der Waals surface area contributed by atoms with E-state index in [0.29, 0.717) is 0 Å². The van der Waals surface area contributed by atoms with E-state index in [1.54, 1.807) is 5.01 Å². The zero-order valence-corrected chi connectivity index (χ0v) is 9.10. The highest BCUT2D eigenvalue weighted by Gasteiger charge is 2.37. The molecule has 0 aromatic heterocycles. The van der Waals surface area contributed by atoms with Crippen molar-refractivity contribution >= 4 is 17.3 Å². The van der Waals surface area contributed by atoms with Crippen LogP contribution in [0, 0.1) is 5.92 Å². The summed E-state index contributed by atoms with van der Waals surface area (Å²) in [6.45, 7) is 0. The Bertz CT molecular complexity index is 439. The van der Waals surface area contributed by atoms with Crippen molar-refractivity contribution in [2.24, 2.45) is 11.0 Å². The number of nitrogens with zero attached hydrogens (tertiary/aromatic N) is 2. The smallest absolute Gasteiger partial charge is 0.256 e. The lowest BCUT2D eigenvalue weighted by atomic mass is 9.87. The van der Waals surface area contributed by atoms with E-state index in [9.17, 15) is 4.79 Å². The van der Waals surface area contributed by atoms with E-state index in [-0.39, 0.29) is 11.8 Å². The fourth-order valence-electron chi connectivity index (χ4n) is 2.46. The number of rotatable bonds is 1. The highest BCUT2D eigenvalue weighted by molar-refractivity contribution is 6.15. The Labute approximate surface area is 94.8 Å². The average Bonchev–Trinajstić information content (AvgIpc) is 2.69. The van der Waals surface area contributed by atoms with Gasteiger partial charge >= 0.3 is 0 Å². The number of para-hydroxylation sites is 1. The molecule has 16 heavy (non-hydrogen) atoms. The maximum atomic E-state index is 12.2. The van der Waals surface area contributed by atoms with E-state index in [2.05, 4.69) is 5.10 Å². The first-order chi connectivity index (χ1) is 7.86. The molecule has 1 aromatic carbocycles. The standard InChI is InChI=1S/C13H14N2O/c16-13-11-8-4-5-9-12(11)14-15(13)10-6-2-1-3-7-10/h1-3,6-7,11H,4-5,8-9H2. The van der Waals surface area contributed by atoms with Crippen LogP contribution < -0.4 is 5.01 Å². The monoisotopic (exact) mass is 214 g/mol. The molecule has 1 aliphatic carbocycles. The van der Waals surface area contributed by atoms with Crippen LogP contribution in [0.5, 0.6) is 0 Å². The van der Waals surface area contributed by atoms with Gasteiger partial charge in [-0.15, -0.1) is 0 Å². The molecular weight excluding hydrogens is 200 g/mol. The maximum Gasteiger partial charge on any atom is 0.256 e. The summed E-state index contributed by atoms with van der Waals surface area (Å²) >= 11 is 0. The van der Waals surface area contributed by atoms with Gasteiger partial charge in [0, 0.05) is 0 Å². The largest absolute Gasteiger partial charge is 0.272 e. The first-order valence-electron chi connectivity index (χ1n) is 5.82. The number of carbonyl (C=O) groups is 1. The van der Waals surface area contributed by atoms with Crippen molar-refractivity contribution in [3.8, 4) is 0 Å². The van der Waals surface area contributed by atoms with Crippen molar-refractivity contribution in [3.05, 3.63) is 30.3 Å². The molecule has 0 N–H and O–H groups in total. The Hall–Kier alpha value is -1.64. The Balaban J connectivity index is 1.93. The van der Waals surface area contributed by atoms with Crippen molar-refractivity contribution < 1.29 is 4.79 Å². The molecule has 0 spiro atoms. The second-order valence-corrected chi connectivity index (χ2v) is 4.38. The number of amides is 1. The van der Waals surface area contributed by atoms with Gasteiger partial charge in [0.05, 0.1) is 17.3 Å². The first kappa shape index (κ1) is 9.58. The molecule has 82 valence electrons. The molecule has 0 saturated heterocycles. The molecule has 3 heteroatoms. The van der Waals surface area contributed by atoms with E-state index in [1.165, 1.54) is 6.42 Å². The van der Waals surface area contributed by atoms with Crippen LogP contribution in [0.2, 0.25) is 0 Å². The third-order valence-electron chi connectivity index (χ3n) is 3.31. The minimum absolute atomic E-state index is 0.0638. The summed E-state index contributed by atoms with van der Waals surface area (Å²) in [5.41, 5.74) is 1.97. The lowest BCUT2D eigenvalue weighted by Gasteiger charge is -2.16. The van der Waals surface area contributed by atoms with Crippen LogP contribution in [0.3, 0.4) is 0 Å². The van der Waals surface area contributed by atoms with Gasteiger partial charge in [0.15, 0.2) is 0 Å². The molecule has 1 atom stereocenters. The van der Waals surface area contributed by atoms with Gasteiger partial charge in [-0.1, -0.05) is 24.6 Å². The Morgan fingerprint density at radius 3 is 2.75 bits per heavy atom. The molecule has 3 nitrogen and oxygen atoms in total. The topological polar surface area (TPSA) is 32.7 Å². The zero-order chi connectivity index (χ0) is 11.0. The number of hydrogen-bond donors (Lipinski definition) is 0. The quantitative estimate of drug-likeness (QED) is 0.707. The fraction of sp³-hybridized carbons (Fsp3) is 0.385. The number of benzene rings is 1. The second-order valence-electron chi connectivity index (χ2n) is 4.38. The van der Waals surface area contributed by atoms with Crippen molar-refractivity contribution in [1.82, 2.24) is 0 Å². The van der Waals surface area contributed by atoms with Crippen LogP contribution in [-0.4, -0.2) is 11.6 Å².